The Hall–Kier alpha value is -1.69. The van der Waals surface area contributed by atoms with Crippen LogP contribution in [-0.4, -0.2) is 30.1 Å². The van der Waals surface area contributed by atoms with Gasteiger partial charge in [0.15, 0.2) is 0 Å². The number of hydrogen-bond donors (Lipinski definition) is 3. The molecule has 1 saturated heterocycles. The van der Waals surface area contributed by atoms with Gasteiger partial charge in [-0.3, -0.25) is 5.41 Å². The number of aliphatic hydroxyl groups is 1. The van der Waals surface area contributed by atoms with Crippen molar-refractivity contribution < 1.29 is 13.9 Å². The van der Waals surface area contributed by atoms with Crippen LogP contribution in [0.25, 0.3) is 0 Å². The molecule has 1 atom stereocenters. The Bertz CT molecular complexity index is 441. The minimum atomic E-state index is -0.760. The highest BCUT2D eigenvalue weighted by atomic mass is 19.1. The molecule has 1 fully saturated rings. The highest BCUT2D eigenvalue weighted by Crippen LogP contribution is 2.28. The van der Waals surface area contributed by atoms with E-state index in [0.717, 1.165) is 12.1 Å². The highest BCUT2D eigenvalue weighted by molar-refractivity contribution is 5.95. The summed E-state index contributed by atoms with van der Waals surface area (Å²) in [5.41, 5.74) is 5.03. The minimum Gasteiger partial charge on any atom is -0.391 e. The number of anilines is 1. The van der Waals surface area contributed by atoms with Gasteiger partial charge in [0.2, 0.25) is 0 Å². The number of amidine groups is 1. The quantitative estimate of drug-likeness (QED) is 0.530. The van der Waals surface area contributed by atoms with Crippen LogP contribution < -0.4 is 10.6 Å². The van der Waals surface area contributed by atoms with Gasteiger partial charge in [-0.05, 0) is 18.6 Å². The lowest BCUT2D eigenvalue weighted by Gasteiger charge is -2.19. The molecule has 0 saturated carbocycles. The number of aliphatic hydroxyl groups excluding tert-OH is 1. The third-order valence-corrected chi connectivity index (χ3v) is 2.81. The summed E-state index contributed by atoms with van der Waals surface area (Å²) in [4.78, 5) is 1.46. The van der Waals surface area contributed by atoms with Crippen LogP contribution in [0.5, 0.6) is 0 Å². The molecule has 1 aromatic carbocycles. The molecule has 1 aliphatic rings. The largest absolute Gasteiger partial charge is 0.391 e. The smallest absolute Gasteiger partial charge is 0.150 e. The van der Waals surface area contributed by atoms with E-state index in [1.54, 1.807) is 0 Å². The molecule has 0 radical (unpaired) electrons. The van der Waals surface area contributed by atoms with Gasteiger partial charge in [0.1, 0.15) is 23.2 Å². The van der Waals surface area contributed by atoms with Gasteiger partial charge in [-0.1, -0.05) is 0 Å². The monoisotopic (exact) mass is 241 g/mol. The van der Waals surface area contributed by atoms with Gasteiger partial charge in [0, 0.05) is 18.7 Å². The van der Waals surface area contributed by atoms with E-state index in [9.17, 15) is 13.9 Å². The lowest BCUT2D eigenvalue weighted by Crippen LogP contribution is -2.24. The van der Waals surface area contributed by atoms with Crippen molar-refractivity contribution in [2.75, 3.05) is 18.0 Å². The van der Waals surface area contributed by atoms with Crippen LogP contribution in [0.3, 0.4) is 0 Å². The molecule has 4 nitrogen and oxygen atoms in total. The maximum Gasteiger partial charge on any atom is 0.150 e. The second-order valence-electron chi connectivity index (χ2n) is 4.09. The summed E-state index contributed by atoms with van der Waals surface area (Å²) in [6, 6.07) is 2.07. The molecule has 0 aromatic heterocycles. The van der Waals surface area contributed by atoms with Crippen LogP contribution in [-0.2, 0) is 0 Å². The fraction of sp³-hybridized carbons (Fsp3) is 0.364. The number of nitrogens with one attached hydrogen (secondary N) is 1. The normalized spacial score (nSPS) is 19.7. The zero-order valence-corrected chi connectivity index (χ0v) is 9.08. The molecule has 0 amide bonds. The maximum absolute atomic E-state index is 13.7. The first-order valence-corrected chi connectivity index (χ1v) is 5.25. The molecule has 4 N–H and O–H groups in total. The molecule has 92 valence electrons. The number of nitrogens with zero attached hydrogens (tertiary/aromatic N) is 1. The van der Waals surface area contributed by atoms with Gasteiger partial charge < -0.3 is 15.7 Å². The van der Waals surface area contributed by atoms with E-state index in [-0.39, 0.29) is 23.6 Å². The molecule has 1 aromatic rings. The van der Waals surface area contributed by atoms with Crippen LogP contribution in [0.4, 0.5) is 14.5 Å². The first kappa shape index (κ1) is 11.8. The molecule has 0 spiro atoms. The summed E-state index contributed by atoms with van der Waals surface area (Å²) < 4.78 is 27.5. The van der Waals surface area contributed by atoms with Crippen molar-refractivity contribution in [2.45, 2.75) is 12.5 Å². The number of rotatable bonds is 2. The third kappa shape index (κ3) is 2.21. The van der Waals surface area contributed by atoms with Crippen molar-refractivity contribution in [1.82, 2.24) is 0 Å². The summed E-state index contributed by atoms with van der Waals surface area (Å²) in [7, 11) is 0. The average Bonchev–Trinajstić information content (AvgIpc) is 2.63. The summed E-state index contributed by atoms with van der Waals surface area (Å²) >= 11 is 0. The lowest BCUT2D eigenvalue weighted by molar-refractivity contribution is 0.198. The van der Waals surface area contributed by atoms with Crippen LogP contribution >= 0.6 is 0 Å². The molecule has 2 rings (SSSR count). The summed E-state index contributed by atoms with van der Waals surface area (Å²) in [6.07, 6.45) is -0.0610. The molecule has 6 heteroatoms. The van der Waals surface area contributed by atoms with Crippen molar-refractivity contribution >= 4 is 11.5 Å². The number of β-amino-alcohol motifs (C(OH)–C–C–N with tert-alkyl or cyclic N) is 1. The molecular formula is C11H13F2N3O. The van der Waals surface area contributed by atoms with Gasteiger partial charge in [0.25, 0.3) is 0 Å². The van der Waals surface area contributed by atoms with Gasteiger partial charge in [0.05, 0.1) is 6.10 Å². The predicted octanol–water partition coefficient (Wildman–Crippen LogP) is 0.820. The standard InChI is InChI=1S/C11H13F2N3O/c12-8-3-6(11(14)15)4-9(13)10(8)16-2-1-7(17)5-16/h3-4,7,17H,1-2,5H2,(H3,14,15). The topological polar surface area (TPSA) is 73.3 Å². The average molecular weight is 241 g/mol. The first-order valence-electron chi connectivity index (χ1n) is 5.25. The summed E-state index contributed by atoms with van der Waals surface area (Å²) in [5, 5.41) is 16.5. The van der Waals surface area contributed by atoms with Gasteiger partial charge in [-0.15, -0.1) is 0 Å². The zero-order chi connectivity index (χ0) is 12.6. The lowest BCUT2D eigenvalue weighted by atomic mass is 10.1. The van der Waals surface area contributed by atoms with E-state index in [2.05, 4.69) is 0 Å². The fourth-order valence-corrected chi connectivity index (χ4v) is 1.97. The number of benzene rings is 1. The zero-order valence-electron chi connectivity index (χ0n) is 9.08. The SMILES string of the molecule is N=C(N)c1cc(F)c(N2CCC(O)C2)c(F)c1. The molecule has 1 aliphatic heterocycles. The van der Waals surface area contributed by atoms with Crippen molar-refractivity contribution in [2.24, 2.45) is 5.73 Å². The Balaban J connectivity index is 2.38. The number of hydrogen-bond acceptors (Lipinski definition) is 3. The van der Waals surface area contributed by atoms with Crippen molar-refractivity contribution in [3.63, 3.8) is 0 Å². The second kappa shape index (κ2) is 4.29. The van der Waals surface area contributed by atoms with Crippen LogP contribution in [0.1, 0.15) is 12.0 Å². The van der Waals surface area contributed by atoms with Gasteiger partial charge in [-0.25, -0.2) is 8.78 Å². The predicted molar refractivity (Wildman–Crippen MR) is 60.2 cm³/mol. The Labute approximate surface area is 97.2 Å². The van der Waals surface area contributed by atoms with E-state index >= 15 is 0 Å². The molecular weight excluding hydrogens is 228 g/mol. The Morgan fingerprint density at radius 1 is 1.41 bits per heavy atom. The first-order chi connectivity index (χ1) is 7.99. The fourth-order valence-electron chi connectivity index (χ4n) is 1.97. The Kier molecular flexibility index (Phi) is 2.97. The van der Waals surface area contributed by atoms with Gasteiger partial charge >= 0.3 is 0 Å². The van der Waals surface area contributed by atoms with Crippen molar-refractivity contribution in [3.05, 3.63) is 29.3 Å². The molecule has 0 bridgehead atoms. The number of nitrogens with two attached hydrogens (primary N) is 1. The second-order valence-corrected chi connectivity index (χ2v) is 4.09. The third-order valence-electron chi connectivity index (χ3n) is 2.81. The molecule has 17 heavy (non-hydrogen) atoms. The van der Waals surface area contributed by atoms with Gasteiger partial charge in [-0.2, -0.15) is 0 Å². The van der Waals surface area contributed by atoms with E-state index in [4.69, 9.17) is 11.1 Å². The van der Waals surface area contributed by atoms with Crippen LogP contribution in [0, 0.1) is 17.0 Å². The van der Waals surface area contributed by atoms with E-state index in [0.29, 0.717) is 13.0 Å². The van der Waals surface area contributed by atoms with Crippen molar-refractivity contribution in [1.29, 1.82) is 5.41 Å². The van der Waals surface area contributed by atoms with Crippen LogP contribution in [0.2, 0.25) is 0 Å². The van der Waals surface area contributed by atoms with E-state index in [1.165, 1.54) is 4.90 Å². The number of nitrogen functional groups attached to an aromatic ring is 1. The highest BCUT2D eigenvalue weighted by Gasteiger charge is 2.25. The molecule has 1 heterocycles. The molecule has 1 unspecified atom stereocenters. The van der Waals surface area contributed by atoms with Crippen LogP contribution in [0.15, 0.2) is 12.1 Å². The Morgan fingerprint density at radius 2 is 2.00 bits per heavy atom. The summed E-state index contributed by atoms with van der Waals surface area (Å²) in [5.74, 6) is -1.90. The van der Waals surface area contributed by atoms with E-state index < -0.39 is 17.7 Å². The van der Waals surface area contributed by atoms with E-state index in [1.807, 2.05) is 0 Å². The maximum atomic E-state index is 13.7. The summed E-state index contributed by atoms with van der Waals surface area (Å²) in [6.45, 7) is 0.627. The number of halogens is 2. The Morgan fingerprint density at radius 3 is 2.41 bits per heavy atom. The molecule has 0 aliphatic carbocycles. The van der Waals surface area contributed by atoms with Crippen molar-refractivity contribution in [3.8, 4) is 0 Å². The minimum absolute atomic E-state index is 0.0171.